The van der Waals surface area contributed by atoms with Gasteiger partial charge in [-0.15, -0.1) is 0 Å². The first-order chi connectivity index (χ1) is 36.8. The third-order valence-corrected chi connectivity index (χ3v) is 15.7. The van der Waals surface area contributed by atoms with Crippen LogP contribution in [0.25, 0.3) is 5.57 Å². The van der Waals surface area contributed by atoms with E-state index in [-0.39, 0.29) is 43.6 Å². The van der Waals surface area contributed by atoms with Crippen molar-refractivity contribution in [2.24, 2.45) is 5.41 Å². The van der Waals surface area contributed by atoms with Crippen LogP contribution < -0.4 is 0 Å². The van der Waals surface area contributed by atoms with E-state index in [1.54, 1.807) is 0 Å². The van der Waals surface area contributed by atoms with E-state index in [1.165, 1.54) is 140 Å². The van der Waals surface area contributed by atoms with Crippen LogP contribution in [0, 0.1) is 5.41 Å². The van der Waals surface area contributed by atoms with E-state index in [9.17, 15) is 19.2 Å². The summed E-state index contributed by atoms with van der Waals surface area (Å²) in [6, 6.07) is 0. The number of rotatable bonds is 50. The molecule has 2 rings (SSSR count). The number of unbranched alkanes of at least 4 members (excludes halogenated alkanes) is 28. The lowest BCUT2D eigenvalue weighted by molar-refractivity contribution is -0.944. The van der Waals surface area contributed by atoms with Crippen molar-refractivity contribution in [1.82, 2.24) is 8.75 Å². The molecule has 14 heteroatoms. The van der Waals surface area contributed by atoms with Crippen LogP contribution >= 0.6 is 11.7 Å². The van der Waals surface area contributed by atoms with Crippen molar-refractivity contribution in [3.8, 4) is 0 Å². The molecule has 1 aliphatic rings. The Kier molecular flexibility index (Phi) is 40.6. The van der Waals surface area contributed by atoms with E-state index in [0.717, 1.165) is 107 Å². The molecule has 2 unspecified atom stereocenters. The molecular weight excluding hydrogens is 979 g/mol. The van der Waals surface area contributed by atoms with Crippen LogP contribution in [0.5, 0.6) is 0 Å². The number of esters is 3. The molecule has 0 saturated heterocycles. The van der Waals surface area contributed by atoms with Gasteiger partial charge >= 0.3 is 24.1 Å². The Labute approximate surface area is 467 Å². The summed E-state index contributed by atoms with van der Waals surface area (Å²) >= 11 is 1.20. The fourth-order valence-electron chi connectivity index (χ4n) is 9.84. The monoisotopic (exact) mass is 1090 g/mol. The van der Waals surface area contributed by atoms with Gasteiger partial charge < -0.3 is 28.4 Å². The number of aromatic nitrogens is 2. The van der Waals surface area contributed by atoms with Crippen molar-refractivity contribution in [3.63, 3.8) is 0 Å². The zero-order chi connectivity index (χ0) is 55.4. The summed E-state index contributed by atoms with van der Waals surface area (Å²) in [5.74, 6) is -1.05. The Hall–Kier alpha value is -3.10. The summed E-state index contributed by atoms with van der Waals surface area (Å²) in [7, 11) is 2.10. The fraction of sp³-hybridized carbons (Fsp3) is 0.871. The lowest BCUT2D eigenvalue weighted by atomic mass is 9.88. The summed E-state index contributed by atoms with van der Waals surface area (Å²) in [5.41, 5.74) is 2.54. The highest BCUT2D eigenvalue weighted by atomic mass is 32.1. The molecule has 2 atom stereocenters. The lowest BCUT2D eigenvalue weighted by Crippen LogP contribution is -2.55. The van der Waals surface area contributed by atoms with Crippen molar-refractivity contribution in [2.45, 2.75) is 298 Å². The molecule has 0 radical (unpaired) electrons. The molecule has 1 aromatic rings. The number of carbonyl (C=O) groups excluding carboxylic acids is 4. The summed E-state index contributed by atoms with van der Waals surface area (Å²) in [4.78, 5) is 51.6. The Morgan fingerprint density at radius 1 is 0.579 bits per heavy atom. The first kappa shape index (κ1) is 69.0. The summed E-state index contributed by atoms with van der Waals surface area (Å²) in [5, 5.41) is 0. The first-order valence-corrected chi connectivity index (χ1v) is 31.8. The van der Waals surface area contributed by atoms with E-state index >= 15 is 0 Å². The molecule has 0 N–H and O–H groups in total. The first-order valence-electron chi connectivity index (χ1n) is 31.1. The normalized spacial score (nSPS) is 15.1. The molecule has 0 bridgehead atoms. The van der Waals surface area contributed by atoms with Crippen LogP contribution in [-0.2, 0) is 49.4 Å². The van der Waals surface area contributed by atoms with Gasteiger partial charge in [-0.1, -0.05) is 220 Å². The molecular formula is C62H112N3O10S+. The van der Waals surface area contributed by atoms with Gasteiger partial charge in [0.15, 0.2) is 6.10 Å². The summed E-state index contributed by atoms with van der Waals surface area (Å²) < 4.78 is 44.0. The quantitative estimate of drug-likeness (QED) is 0.0264. The van der Waals surface area contributed by atoms with Gasteiger partial charge in [-0.3, -0.25) is 18.9 Å². The van der Waals surface area contributed by atoms with E-state index in [2.05, 4.69) is 56.5 Å². The highest BCUT2D eigenvalue weighted by Gasteiger charge is 2.37. The maximum absolute atomic E-state index is 13.1. The highest BCUT2D eigenvalue weighted by molar-refractivity contribution is 6.99. The Morgan fingerprint density at radius 3 is 1.53 bits per heavy atom. The third kappa shape index (κ3) is 35.4. The molecule has 440 valence electrons. The molecule has 0 aromatic carbocycles. The average molecular weight is 1090 g/mol. The summed E-state index contributed by atoms with van der Waals surface area (Å²) in [6.07, 6.45) is 40.2. The second-order valence-corrected chi connectivity index (χ2v) is 23.7. The number of carbonyl (C=O) groups is 4. The minimum absolute atomic E-state index is 0.138. The molecule has 0 amide bonds. The maximum Gasteiger partial charge on any atom is 0.512 e. The van der Waals surface area contributed by atoms with Crippen molar-refractivity contribution < 1.29 is 52.1 Å². The minimum Gasteiger partial charge on any atom is -0.462 e. The predicted molar refractivity (Wildman–Crippen MR) is 309 cm³/mol. The van der Waals surface area contributed by atoms with Crippen LogP contribution in [0.1, 0.15) is 291 Å². The van der Waals surface area contributed by atoms with Crippen LogP contribution in [0.4, 0.5) is 4.79 Å². The lowest BCUT2D eigenvalue weighted by Gasteiger charge is -2.41. The van der Waals surface area contributed by atoms with E-state index < -0.39 is 24.5 Å². The molecule has 2 heterocycles. The van der Waals surface area contributed by atoms with Crippen molar-refractivity contribution >= 4 is 41.4 Å². The number of ether oxygens (including phenoxy) is 6. The van der Waals surface area contributed by atoms with Crippen LogP contribution in [0.15, 0.2) is 6.08 Å². The number of hydrogen-bond donors (Lipinski definition) is 0. The molecule has 0 aliphatic carbocycles. The number of nitrogens with zero attached hydrogens (tertiary/aromatic N) is 3. The van der Waals surface area contributed by atoms with E-state index in [1.807, 2.05) is 6.92 Å². The van der Waals surface area contributed by atoms with Gasteiger partial charge in [-0.2, -0.15) is 8.75 Å². The Morgan fingerprint density at radius 2 is 1.03 bits per heavy atom. The summed E-state index contributed by atoms with van der Waals surface area (Å²) in [6.45, 7) is 15.3. The largest absolute Gasteiger partial charge is 0.512 e. The number of hydrogen-bond acceptors (Lipinski definition) is 13. The van der Waals surface area contributed by atoms with Gasteiger partial charge in [-0.25, -0.2) is 4.79 Å². The highest BCUT2D eigenvalue weighted by Crippen LogP contribution is 2.30. The van der Waals surface area contributed by atoms with Crippen molar-refractivity contribution in [2.75, 3.05) is 46.6 Å². The van der Waals surface area contributed by atoms with Gasteiger partial charge in [0.25, 0.3) is 0 Å². The minimum atomic E-state index is -0.858. The van der Waals surface area contributed by atoms with Crippen molar-refractivity contribution in [3.05, 3.63) is 17.5 Å². The van der Waals surface area contributed by atoms with Gasteiger partial charge in [0.05, 0.1) is 31.9 Å². The fourth-order valence-corrected chi connectivity index (χ4v) is 10.4. The van der Waals surface area contributed by atoms with Gasteiger partial charge in [0, 0.05) is 44.8 Å². The van der Waals surface area contributed by atoms with Gasteiger partial charge in [0.1, 0.15) is 37.8 Å². The van der Waals surface area contributed by atoms with Crippen LogP contribution in [0.2, 0.25) is 0 Å². The smallest absolute Gasteiger partial charge is 0.462 e. The maximum atomic E-state index is 13.1. The molecule has 13 nitrogen and oxygen atoms in total. The molecule has 0 saturated carbocycles. The van der Waals surface area contributed by atoms with E-state index in [0.29, 0.717) is 43.5 Å². The van der Waals surface area contributed by atoms with Crippen LogP contribution in [-0.4, -0.2) is 96.2 Å². The number of likely N-dealkylation sites (N-methyl/N-ethyl adjacent to an activating group) is 1. The average Bonchev–Trinajstić information content (AvgIpc) is 3.87. The SMILES string of the molecule is CCCCCCCCCCCCCCCC(=O)OCC(COC(=O)CCCCCCCCCCCCCCC)OC(=O)CCCCCC(C)(C)COC(=O)OC(C)[N+]1(C)CCC=C(c2nsnc2COCCCCC)C1. The molecule has 0 spiro atoms. The Bertz CT molecular complexity index is 1620. The second kappa shape index (κ2) is 44.7. The third-order valence-electron chi connectivity index (χ3n) is 15.1. The molecule has 1 aliphatic heterocycles. The molecule has 76 heavy (non-hydrogen) atoms. The molecule has 0 fully saturated rings. The predicted octanol–water partition coefficient (Wildman–Crippen LogP) is 16.9. The second-order valence-electron chi connectivity index (χ2n) is 23.1. The van der Waals surface area contributed by atoms with Crippen LogP contribution in [0.3, 0.4) is 0 Å². The zero-order valence-corrected chi connectivity index (χ0v) is 50.5. The van der Waals surface area contributed by atoms with Gasteiger partial charge in [0.2, 0.25) is 6.23 Å². The Balaban J connectivity index is 1.73. The topological polar surface area (TPSA) is 149 Å². The van der Waals surface area contributed by atoms with Gasteiger partial charge in [-0.05, 0) is 37.5 Å². The van der Waals surface area contributed by atoms with Crippen molar-refractivity contribution in [1.29, 1.82) is 0 Å². The zero-order valence-electron chi connectivity index (χ0n) is 49.7. The number of quaternary nitrogens is 1. The van der Waals surface area contributed by atoms with E-state index in [4.69, 9.17) is 28.4 Å². The molecule has 1 aromatic heterocycles. The standard InChI is InChI=1S/C62H112N3O10S/c1-8-11-14-16-18-20-22-24-26-28-30-32-35-42-57(66)71-49-55(50-72-58(67)43-36-33-31-29-27-25-23-21-19-17-15-12-9-2)75-59(68)44-37-34-38-45-62(5,6)52-73-61(69)74-53(4)65(7)46-40-41-54(48-65)60-56(63-76-64-60)51-70-47-39-13-10-3/h41,53,55H,8-40,42-52H2,1-7H3/q+1.